The highest BCUT2D eigenvalue weighted by Crippen LogP contribution is 2.60. The van der Waals surface area contributed by atoms with E-state index in [0.29, 0.717) is 6.42 Å². The molecule has 0 spiro atoms. The fourth-order valence-electron chi connectivity index (χ4n) is 4.38. The maximum atomic E-state index is 15.5. The summed E-state index contributed by atoms with van der Waals surface area (Å²) in [5.74, 6) is -14.2. The summed E-state index contributed by atoms with van der Waals surface area (Å²) in [6, 6.07) is 5.49. The molecule has 9 heteroatoms. The lowest BCUT2D eigenvalue weighted by Crippen LogP contribution is -2.46. The smallest absolute Gasteiger partial charge is 0.343 e. The van der Waals surface area contributed by atoms with Crippen molar-refractivity contribution >= 4 is 5.57 Å². The van der Waals surface area contributed by atoms with Gasteiger partial charge in [-0.1, -0.05) is 37.6 Å². The molecule has 0 saturated heterocycles. The van der Waals surface area contributed by atoms with Gasteiger partial charge in [0, 0.05) is 12.2 Å². The summed E-state index contributed by atoms with van der Waals surface area (Å²) in [4.78, 5) is 0. The fraction of sp³-hybridized carbons (Fsp3) is 0.385. The van der Waals surface area contributed by atoms with Gasteiger partial charge in [0.2, 0.25) is 0 Å². The van der Waals surface area contributed by atoms with E-state index in [1.54, 1.807) is 0 Å². The monoisotopic (exact) mass is 500 g/mol. The number of hydrogen-bond acceptors (Lipinski definition) is 2. The van der Waals surface area contributed by atoms with Gasteiger partial charge in [0.15, 0.2) is 11.6 Å². The molecule has 0 aliphatic heterocycles. The van der Waals surface area contributed by atoms with Gasteiger partial charge in [0.25, 0.3) is 0 Å². The van der Waals surface area contributed by atoms with Crippen LogP contribution in [-0.2, 0) is 10.7 Å². The number of unbranched alkanes of at least 4 members (excludes halogenated alkanes) is 1. The first-order valence-corrected chi connectivity index (χ1v) is 11.3. The molecule has 0 bridgehead atoms. The van der Waals surface area contributed by atoms with E-state index >= 15 is 22.0 Å². The predicted octanol–water partition coefficient (Wildman–Crippen LogP) is 7.97. The predicted molar refractivity (Wildman–Crippen MR) is 117 cm³/mol. The highest BCUT2D eigenvalue weighted by molar-refractivity contribution is 5.88. The molecule has 0 saturated carbocycles. The molecule has 2 aliphatic carbocycles. The third kappa shape index (κ3) is 4.03. The van der Waals surface area contributed by atoms with Crippen LogP contribution in [0, 0.1) is 11.6 Å². The summed E-state index contributed by atoms with van der Waals surface area (Å²) in [6.07, 6.45) is 1.06. The number of allylic oxidation sites excluding steroid dienone is 2. The number of fused-ring (bicyclic) bond motifs is 3. The van der Waals surface area contributed by atoms with Crippen molar-refractivity contribution < 1.29 is 40.2 Å². The van der Waals surface area contributed by atoms with Crippen LogP contribution in [-0.4, -0.2) is 25.2 Å². The van der Waals surface area contributed by atoms with Gasteiger partial charge in [-0.25, -0.2) is 13.2 Å². The van der Waals surface area contributed by atoms with Crippen molar-refractivity contribution in [3.8, 4) is 16.9 Å². The maximum absolute atomic E-state index is 15.5. The first kappa shape index (κ1) is 25.3. The Balaban J connectivity index is 1.83. The first-order valence-electron chi connectivity index (χ1n) is 11.3. The molecule has 1 atom stereocenters. The van der Waals surface area contributed by atoms with Crippen molar-refractivity contribution in [2.45, 2.75) is 51.1 Å². The van der Waals surface area contributed by atoms with Gasteiger partial charge in [-0.3, -0.25) is 0 Å². The van der Waals surface area contributed by atoms with E-state index in [-0.39, 0.29) is 30.9 Å². The number of benzene rings is 2. The molecule has 0 heterocycles. The number of halogens is 7. The summed E-state index contributed by atoms with van der Waals surface area (Å²) in [5, 5.41) is 0. The van der Waals surface area contributed by atoms with E-state index in [1.807, 2.05) is 6.92 Å². The summed E-state index contributed by atoms with van der Waals surface area (Å²) in [7, 11) is 0. The second kappa shape index (κ2) is 9.33. The molecule has 2 nitrogen and oxygen atoms in total. The van der Waals surface area contributed by atoms with Crippen LogP contribution in [0.2, 0.25) is 0 Å². The lowest BCUT2D eigenvalue weighted by molar-refractivity contribution is -0.196. The van der Waals surface area contributed by atoms with Crippen LogP contribution in [0.4, 0.5) is 30.7 Å². The Hall–Kier alpha value is -2.81. The Morgan fingerprint density at radius 1 is 0.943 bits per heavy atom. The van der Waals surface area contributed by atoms with Gasteiger partial charge in [0.05, 0.1) is 17.7 Å². The van der Waals surface area contributed by atoms with E-state index < -0.39 is 63.2 Å². The zero-order valence-corrected chi connectivity index (χ0v) is 19.0. The van der Waals surface area contributed by atoms with Crippen LogP contribution < -0.4 is 4.74 Å². The van der Waals surface area contributed by atoms with Gasteiger partial charge < -0.3 is 9.47 Å². The van der Waals surface area contributed by atoms with Crippen LogP contribution >= 0.6 is 0 Å². The van der Waals surface area contributed by atoms with Gasteiger partial charge in [-0.2, -0.15) is 17.6 Å². The second-order valence-electron chi connectivity index (χ2n) is 8.37. The average Bonchev–Trinajstić information content (AvgIpc) is 2.80. The molecule has 2 aromatic carbocycles. The Kier molecular flexibility index (Phi) is 6.74. The second-order valence-corrected chi connectivity index (χ2v) is 8.37. The van der Waals surface area contributed by atoms with Crippen molar-refractivity contribution in [2.75, 3.05) is 13.2 Å². The number of hydrogen-bond donors (Lipinski definition) is 0. The standard InChI is InChI=1S/C26H23F7O2/c1-3-5-12-35-19-10-6-14(13-18(19)27)15-7-8-16-17-9-11-20(34-4-2)24(29)22(17)26(32,33)25(30,31)21(16)23(15)28/h6-10,13,20H,3-5,11-12H2,1-2H3. The highest BCUT2D eigenvalue weighted by atomic mass is 19.3. The van der Waals surface area contributed by atoms with Crippen LogP contribution in [0.1, 0.15) is 44.2 Å². The Bertz CT molecular complexity index is 1200. The van der Waals surface area contributed by atoms with Crippen molar-refractivity contribution in [3.05, 3.63) is 70.6 Å². The minimum absolute atomic E-state index is 0.00985. The number of ether oxygens (including phenoxy) is 2. The molecule has 0 aromatic heterocycles. The molecule has 1 unspecified atom stereocenters. The summed E-state index contributed by atoms with van der Waals surface area (Å²) >= 11 is 0. The minimum atomic E-state index is -5.07. The van der Waals surface area contributed by atoms with Gasteiger partial charge in [-0.15, -0.1) is 0 Å². The number of alkyl halides is 4. The summed E-state index contributed by atoms with van der Waals surface area (Å²) in [5.41, 5.74) is -4.71. The quantitative estimate of drug-likeness (QED) is 0.284. The largest absolute Gasteiger partial charge is 0.491 e. The number of rotatable bonds is 7. The molecular formula is C26H23F7O2. The van der Waals surface area contributed by atoms with E-state index in [4.69, 9.17) is 9.47 Å². The maximum Gasteiger partial charge on any atom is 0.343 e. The third-order valence-corrected chi connectivity index (χ3v) is 6.15. The zero-order chi connectivity index (χ0) is 25.5. The molecule has 0 N–H and O–H groups in total. The molecule has 0 radical (unpaired) electrons. The molecule has 2 aliphatic rings. The van der Waals surface area contributed by atoms with E-state index in [0.717, 1.165) is 30.7 Å². The Morgan fingerprint density at radius 2 is 1.66 bits per heavy atom. The van der Waals surface area contributed by atoms with Crippen LogP contribution in [0.5, 0.6) is 5.75 Å². The Labute approximate surface area is 198 Å². The SMILES string of the molecule is CCCCOc1ccc(-c2ccc3c(c2F)C(F)(F)C(F)(F)C2=C(F)C(OCC)CC=C23)cc1F. The lowest BCUT2D eigenvalue weighted by Gasteiger charge is -2.39. The highest BCUT2D eigenvalue weighted by Gasteiger charge is 2.67. The molecule has 4 rings (SSSR count). The molecule has 188 valence electrons. The van der Waals surface area contributed by atoms with Gasteiger partial charge in [-0.05, 0) is 48.6 Å². The van der Waals surface area contributed by atoms with Crippen LogP contribution in [0.3, 0.4) is 0 Å². The van der Waals surface area contributed by atoms with Crippen molar-refractivity contribution in [2.24, 2.45) is 0 Å². The summed E-state index contributed by atoms with van der Waals surface area (Å²) in [6.45, 7) is 3.69. The van der Waals surface area contributed by atoms with Crippen molar-refractivity contribution in [1.29, 1.82) is 0 Å². The van der Waals surface area contributed by atoms with E-state index in [9.17, 15) is 8.78 Å². The third-order valence-electron chi connectivity index (χ3n) is 6.15. The van der Waals surface area contributed by atoms with E-state index in [1.165, 1.54) is 19.1 Å². The molecule has 2 aromatic rings. The van der Waals surface area contributed by atoms with Gasteiger partial charge in [0.1, 0.15) is 17.7 Å². The normalized spacial score (nSPS) is 20.3. The molecule has 0 amide bonds. The lowest BCUT2D eigenvalue weighted by atomic mass is 9.74. The average molecular weight is 500 g/mol. The summed E-state index contributed by atoms with van der Waals surface area (Å²) < 4.78 is 116. The van der Waals surface area contributed by atoms with E-state index in [2.05, 4.69) is 0 Å². The molecule has 0 fully saturated rings. The Morgan fingerprint density at radius 3 is 2.31 bits per heavy atom. The van der Waals surface area contributed by atoms with Crippen molar-refractivity contribution in [3.63, 3.8) is 0 Å². The molecular weight excluding hydrogens is 477 g/mol. The van der Waals surface area contributed by atoms with Gasteiger partial charge >= 0.3 is 11.8 Å². The fourth-order valence-corrected chi connectivity index (χ4v) is 4.38. The minimum Gasteiger partial charge on any atom is -0.491 e. The van der Waals surface area contributed by atoms with Crippen LogP contribution in [0.15, 0.2) is 47.8 Å². The topological polar surface area (TPSA) is 18.5 Å². The zero-order valence-electron chi connectivity index (χ0n) is 19.0. The van der Waals surface area contributed by atoms with Crippen LogP contribution in [0.25, 0.3) is 16.7 Å². The first-order chi connectivity index (χ1) is 16.6. The van der Waals surface area contributed by atoms with Crippen molar-refractivity contribution in [1.82, 2.24) is 0 Å². The molecule has 35 heavy (non-hydrogen) atoms.